The van der Waals surface area contributed by atoms with E-state index in [9.17, 15) is 4.39 Å². The van der Waals surface area contributed by atoms with Crippen LogP contribution in [0.1, 0.15) is 5.56 Å². The molecule has 6 heteroatoms. The van der Waals surface area contributed by atoms with Gasteiger partial charge >= 0.3 is 0 Å². The molecule has 0 fully saturated rings. The van der Waals surface area contributed by atoms with Crippen LogP contribution in [0.4, 0.5) is 21.6 Å². The maximum atomic E-state index is 13.2. The number of rotatable bonds is 2. The number of nitrogens with two attached hydrogens (primary N) is 1. The molecule has 0 unspecified atom stereocenters. The molecule has 18 heavy (non-hydrogen) atoms. The van der Waals surface area contributed by atoms with Gasteiger partial charge in [0.05, 0.1) is 16.3 Å². The quantitative estimate of drug-likeness (QED) is 0.872. The third-order valence-corrected chi connectivity index (χ3v) is 2.54. The fraction of sp³-hybridized carbons (Fsp3) is 0. The molecule has 0 bridgehead atoms. The van der Waals surface area contributed by atoms with Gasteiger partial charge in [-0.05, 0) is 24.3 Å². The molecule has 0 spiro atoms. The number of halogens is 2. The minimum atomic E-state index is -0.533. The van der Waals surface area contributed by atoms with Gasteiger partial charge in [-0.1, -0.05) is 11.6 Å². The van der Waals surface area contributed by atoms with E-state index in [1.165, 1.54) is 24.4 Å². The van der Waals surface area contributed by atoms with Crippen LogP contribution in [-0.2, 0) is 0 Å². The van der Waals surface area contributed by atoms with Crippen LogP contribution in [0.25, 0.3) is 0 Å². The molecule has 0 aliphatic rings. The van der Waals surface area contributed by atoms with Crippen molar-refractivity contribution in [2.75, 3.05) is 11.1 Å². The maximum absolute atomic E-state index is 13.2. The number of anilines is 3. The lowest BCUT2D eigenvalue weighted by Gasteiger charge is -2.08. The molecule has 0 radical (unpaired) electrons. The summed E-state index contributed by atoms with van der Waals surface area (Å²) in [5.74, 6) is -0.176. The second-order valence-electron chi connectivity index (χ2n) is 3.53. The van der Waals surface area contributed by atoms with Crippen LogP contribution in [0.5, 0.6) is 0 Å². The van der Waals surface area contributed by atoms with Crippen molar-refractivity contribution in [3.05, 3.63) is 46.9 Å². The number of pyridine rings is 1. The Kier molecular flexibility index (Phi) is 3.31. The van der Waals surface area contributed by atoms with Crippen molar-refractivity contribution in [1.29, 1.82) is 5.26 Å². The first-order valence-electron chi connectivity index (χ1n) is 4.98. The fourth-order valence-corrected chi connectivity index (χ4v) is 1.48. The van der Waals surface area contributed by atoms with Crippen molar-refractivity contribution in [3.8, 4) is 6.07 Å². The van der Waals surface area contributed by atoms with Crippen LogP contribution in [0, 0.1) is 17.1 Å². The van der Waals surface area contributed by atoms with E-state index in [4.69, 9.17) is 22.6 Å². The molecule has 0 aliphatic carbocycles. The molecular weight excluding hydrogens is 255 g/mol. The fourth-order valence-electron chi connectivity index (χ4n) is 1.36. The van der Waals surface area contributed by atoms with E-state index in [1.807, 2.05) is 6.07 Å². The van der Waals surface area contributed by atoms with Gasteiger partial charge in [0, 0.05) is 11.9 Å². The zero-order chi connectivity index (χ0) is 13.1. The van der Waals surface area contributed by atoms with Crippen LogP contribution in [-0.4, -0.2) is 4.98 Å². The van der Waals surface area contributed by atoms with Crippen molar-refractivity contribution in [2.45, 2.75) is 0 Å². The Morgan fingerprint density at radius 1 is 1.39 bits per heavy atom. The smallest absolute Gasteiger partial charge is 0.153 e. The van der Waals surface area contributed by atoms with Crippen LogP contribution >= 0.6 is 11.6 Å². The van der Waals surface area contributed by atoms with Crippen molar-refractivity contribution < 1.29 is 4.39 Å². The third-order valence-electron chi connectivity index (χ3n) is 2.23. The summed E-state index contributed by atoms with van der Waals surface area (Å²) in [5, 5.41) is 11.6. The molecular formula is C12H8ClFN4. The van der Waals surface area contributed by atoms with E-state index in [2.05, 4.69) is 10.3 Å². The standard InChI is InChI=1S/C12H8ClFN4/c13-9-2-1-8(4-10(9)14)18-12-11(16)3-7(5-15)6-17-12/h1-4,6H,16H2,(H,17,18). The van der Waals surface area contributed by atoms with Crippen molar-refractivity contribution in [1.82, 2.24) is 4.98 Å². The summed E-state index contributed by atoms with van der Waals surface area (Å²) in [6.45, 7) is 0. The number of nitrogen functional groups attached to an aromatic ring is 1. The molecule has 0 atom stereocenters. The lowest BCUT2D eigenvalue weighted by Crippen LogP contribution is -2.00. The molecule has 2 aromatic rings. The van der Waals surface area contributed by atoms with Crippen LogP contribution < -0.4 is 11.1 Å². The zero-order valence-corrected chi connectivity index (χ0v) is 9.87. The number of hydrogen-bond donors (Lipinski definition) is 2. The van der Waals surface area contributed by atoms with Crippen LogP contribution in [0.2, 0.25) is 5.02 Å². The lowest BCUT2D eigenvalue weighted by molar-refractivity contribution is 0.629. The molecule has 0 saturated heterocycles. The summed E-state index contributed by atoms with van der Waals surface area (Å²) < 4.78 is 13.2. The number of aromatic nitrogens is 1. The summed E-state index contributed by atoms with van der Waals surface area (Å²) in [7, 11) is 0. The Morgan fingerprint density at radius 2 is 2.17 bits per heavy atom. The minimum absolute atomic E-state index is 0.0429. The number of benzene rings is 1. The highest BCUT2D eigenvalue weighted by Gasteiger charge is 2.05. The first-order chi connectivity index (χ1) is 8.60. The van der Waals surface area contributed by atoms with Gasteiger partial charge in [0.1, 0.15) is 11.9 Å². The normalized spacial score (nSPS) is 9.83. The second kappa shape index (κ2) is 4.90. The summed E-state index contributed by atoms with van der Waals surface area (Å²) in [6.07, 6.45) is 1.38. The monoisotopic (exact) mass is 262 g/mol. The summed E-state index contributed by atoms with van der Waals surface area (Å²) in [4.78, 5) is 3.98. The Labute approximate surface area is 108 Å². The van der Waals surface area contributed by atoms with Crippen molar-refractivity contribution >= 4 is 28.8 Å². The molecule has 1 aromatic carbocycles. The average molecular weight is 263 g/mol. The topological polar surface area (TPSA) is 74.7 Å². The molecule has 90 valence electrons. The zero-order valence-electron chi connectivity index (χ0n) is 9.11. The van der Waals surface area contributed by atoms with E-state index >= 15 is 0 Å². The molecule has 3 N–H and O–H groups in total. The van der Waals surface area contributed by atoms with Gasteiger partial charge in [0.15, 0.2) is 5.82 Å². The summed E-state index contributed by atoms with van der Waals surface area (Å²) in [5.41, 5.74) is 6.86. The Balaban J connectivity index is 2.29. The summed E-state index contributed by atoms with van der Waals surface area (Å²) >= 11 is 5.58. The van der Waals surface area contributed by atoms with E-state index in [-0.39, 0.29) is 5.02 Å². The highest BCUT2D eigenvalue weighted by atomic mass is 35.5. The molecule has 2 rings (SSSR count). The first-order valence-corrected chi connectivity index (χ1v) is 5.35. The predicted octanol–water partition coefficient (Wildman–Crippen LogP) is 3.07. The number of nitriles is 1. The Morgan fingerprint density at radius 3 is 2.78 bits per heavy atom. The molecule has 1 heterocycles. The highest BCUT2D eigenvalue weighted by Crippen LogP contribution is 2.24. The molecule has 0 saturated carbocycles. The van der Waals surface area contributed by atoms with E-state index in [1.54, 1.807) is 6.07 Å². The maximum Gasteiger partial charge on any atom is 0.153 e. The molecule has 0 amide bonds. The van der Waals surface area contributed by atoms with E-state index in [0.717, 1.165) is 0 Å². The third kappa shape index (κ3) is 2.50. The van der Waals surface area contributed by atoms with Crippen LogP contribution in [0.15, 0.2) is 30.5 Å². The first kappa shape index (κ1) is 12.1. The Bertz CT molecular complexity index is 636. The van der Waals surface area contributed by atoms with Gasteiger partial charge in [0.2, 0.25) is 0 Å². The molecule has 1 aromatic heterocycles. The number of nitrogens with zero attached hydrogens (tertiary/aromatic N) is 2. The Hall–Kier alpha value is -2.32. The van der Waals surface area contributed by atoms with Crippen LogP contribution in [0.3, 0.4) is 0 Å². The lowest BCUT2D eigenvalue weighted by atomic mass is 10.2. The highest BCUT2D eigenvalue weighted by molar-refractivity contribution is 6.30. The number of hydrogen-bond acceptors (Lipinski definition) is 4. The van der Waals surface area contributed by atoms with Gasteiger partial charge in [-0.2, -0.15) is 5.26 Å². The molecule has 0 aliphatic heterocycles. The van der Waals surface area contributed by atoms with E-state index < -0.39 is 5.82 Å². The molecule has 4 nitrogen and oxygen atoms in total. The van der Waals surface area contributed by atoms with Gasteiger partial charge < -0.3 is 11.1 Å². The van der Waals surface area contributed by atoms with E-state index in [0.29, 0.717) is 22.8 Å². The second-order valence-corrected chi connectivity index (χ2v) is 3.93. The number of nitrogens with one attached hydrogen (secondary N) is 1. The SMILES string of the molecule is N#Cc1cnc(Nc2ccc(Cl)c(F)c2)c(N)c1. The minimum Gasteiger partial charge on any atom is -0.396 e. The van der Waals surface area contributed by atoms with Gasteiger partial charge in [-0.15, -0.1) is 0 Å². The van der Waals surface area contributed by atoms with Gasteiger partial charge in [0.25, 0.3) is 0 Å². The van der Waals surface area contributed by atoms with Gasteiger partial charge in [-0.3, -0.25) is 0 Å². The largest absolute Gasteiger partial charge is 0.396 e. The van der Waals surface area contributed by atoms with Crippen molar-refractivity contribution in [2.24, 2.45) is 0 Å². The van der Waals surface area contributed by atoms with Gasteiger partial charge in [-0.25, -0.2) is 9.37 Å². The predicted molar refractivity (Wildman–Crippen MR) is 68.1 cm³/mol. The summed E-state index contributed by atoms with van der Waals surface area (Å²) in [6, 6.07) is 7.68. The average Bonchev–Trinajstić information content (AvgIpc) is 2.36. The van der Waals surface area contributed by atoms with Crippen molar-refractivity contribution in [3.63, 3.8) is 0 Å².